The van der Waals surface area contributed by atoms with Crippen molar-refractivity contribution in [3.8, 4) is 17.1 Å². The van der Waals surface area contributed by atoms with E-state index in [4.69, 9.17) is 9.72 Å². The molecule has 8 nitrogen and oxygen atoms in total. The molecule has 1 aliphatic heterocycles. The fourth-order valence-corrected chi connectivity index (χ4v) is 3.55. The maximum atomic E-state index is 5.59. The lowest BCUT2D eigenvalue weighted by Crippen LogP contribution is -2.44. The first kappa shape index (κ1) is 16.0. The number of aromatic amines is 1. The molecule has 0 bridgehead atoms. The number of hydrogen-bond donors (Lipinski definition) is 1. The Kier molecular flexibility index (Phi) is 3.83. The topological polar surface area (TPSA) is 84.8 Å². The number of nitrogens with one attached hydrogen (secondary N) is 1. The van der Waals surface area contributed by atoms with Crippen LogP contribution in [0.5, 0.6) is 0 Å². The molecule has 0 spiro atoms. The van der Waals surface area contributed by atoms with Crippen molar-refractivity contribution in [3.63, 3.8) is 0 Å². The Morgan fingerprint density at radius 3 is 2.96 bits per heavy atom. The minimum Gasteiger partial charge on any atom is -0.377 e. The summed E-state index contributed by atoms with van der Waals surface area (Å²) in [6.45, 7) is 4.37. The third-order valence-corrected chi connectivity index (χ3v) is 4.91. The number of morpholine rings is 1. The summed E-state index contributed by atoms with van der Waals surface area (Å²) in [7, 11) is 0. The molecule has 1 N–H and O–H groups in total. The number of pyridine rings is 1. The van der Waals surface area contributed by atoms with E-state index in [0.29, 0.717) is 13.2 Å². The lowest BCUT2D eigenvalue weighted by Gasteiger charge is -2.34. The van der Waals surface area contributed by atoms with E-state index in [1.807, 2.05) is 22.9 Å². The molecule has 1 fully saturated rings. The molecule has 1 aliphatic rings. The van der Waals surface area contributed by atoms with Crippen LogP contribution in [-0.2, 0) is 4.74 Å². The largest absolute Gasteiger partial charge is 0.377 e. The van der Waals surface area contributed by atoms with Crippen LogP contribution < -0.4 is 4.90 Å². The molecule has 0 aliphatic carbocycles. The van der Waals surface area contributed by atoms with E-state index >= 15 is 0 Å². The first-order valence-electron chi connectivity index (χ1n) is 8.94. The van der Waals surface area contributed by atoms with Gasteiger partial charge in [-0.05, 0) is 25.1 Å². The third-order valence-electron chi connectivity index (χ3n) is 4.91. The normalized spacial score (nSPS) is 17.5. The van der Waals surface area contributed by atoms with Gasteiger partial charge in [-0.2, -0.15) is 5.10 Å². The number of rotatable bonds is 3. The fraction of sp³-hybridized carbons (Fsp3) is 0.263. The summed E-state index contributed by atoms with van der Waals surface area (Å²) in [5, 5.41) is 8.12. The molecule has 0 saturated carbocycles. The molecule has 27 heavy (non-hydrogen) atoms. The van der Waals surface area contributed by atoms with Crippen molar-refractivity contribution >= 4 is 16.9 Å². The Balaban J connectivity index is 1.74. The molecular formula is C19H19N7O. The van der Waals surface area contributed by atoms with E-state index in [2.05, 4.69) is 44.1 Å². The van der Waals surface area contributed by atoms with Gasteiger partial charge in [-0.25, -0.2) is 15.0 Å². The van der Waals surface area contributed by atoms with Gasteiger partial charge in [-0.15, -0.1) is 0 Å². The zero-order chi connectivity index (χ0) is 18.2. The van der Waals surface area contributed by atoms with Crippen LogP contribution in [0.4, 0.5) is 5.82 Å². The van der Waals surface area contributed by atoms with Gasteiger partial charge in [0.1, 0.15) is 23.6 Å². The van der Waals surface area contributed by atoms with Crippen LogP contribution in [0.2, 0.25) is 0 Å². The molecule has 4 aromatic rings. The molecule has 5 rings (SSSR count). The van der Waals surface area contributed by atoms with Gasteiger partial charge in [0.25, 0.3) is 0 Å². The summed E-state index contributed by atoms with van der Waals surface area (Å²) in [6, 6.07) is 8.29. The Morgan fingerprint density at radius 1 is 1.22 bits per heavy atom. The lowest BCUT2D eigenvalue weighted by atomic mass is 10.1. The average Bonchev–Trinajstić information content (AvgIpc) is 3.38. The molecule has 0 amide bonds. The number of nitrogens with zero attached hydrogens (tertiary/aromatic N) is 6. The standard InChI is InChI=1S/C19H19N7O/c1-13-11-27-9-8-25(13)18-10-15(16-2-5-20-12-21-16)14-4-7-26(19(14)23-18)17-3-6-22-24-17/h2-7,10,12-13H,8-9,11H2,1H3,(H,22,24)/t13-/m1/s1. The molecule has 0 aromatic carbocycles. The lowest BCUT2D eigenvalue weighted by molar-refractivity contribution is 0.0986. The zero-order valence-corrected chi connectivity index (χ0v) is 14.9. The van der Waals surface area contributed by atoms with Crippen molar-refractivity contribution in [2.75, 3.05) is 24.7 Å². The average molecular weight is 361 g/mol. The minimum atomic E-state index is 0.262. The van der Waals surface area contributed by atoms with Gasteiger partial charge in [0.2, 0.25) is 0 Å². The number of ether oxygens (including phenoxy) is 1. The highest BCUT2D eigenvalue weighted by molar-refractivity contribution is 5.94. The summed E-state index contributed by atoms with van der Waals surface area (Å²) in [5.74, 6) is 1.80. The molecule has 5 heterocycles. The number of hydrogen-bond acceptors (Lipinski definition) is 6. The van der Waals surface area contributed by atoms with Crippen molar-refractivity contribution in [2.45, 2.75) is 13.0 Å². The van der Waals surface area contributed by atoms with Crippen LogP contribution >= 0.6 is 0 Å². The van der Waals surface area contributed by atoms with E-state index in [-0.39, 0.29) is 6.04 Å². The van der Waals surface area contributed by atoms with Crippen molar-refractivity contribution in [1.29, 1.82) is 0 Å². The first-order valence-corrected chi connectivity index (χ1v) is 8.94. The minimum absolute atomic E-state index is 0.262. The Morgan fingerprint density at radius 2 is 2.19 bits per heavy atom. The van der Waals surface area contributed by atoms with E-state index in [0.717, 1.165) is 40.5 Å². The second-order valence-corrected chi connectivity index (χ2v) is 6.60. The van der Waals surface area contributed by atoms with Crippen LogP contribution in [-0.4, -0.2) is 55.5 Å². The number of fused-ring (bicyclic) bond motifs is 1. The second kappa shape index (κ2) is 6.48. The Labute approximate surface area is 155 Å². The Hall–Kier alpha value is -3.26. The molecule has 0 radical (unpaired) electrons. The van der Waals surface area contributed by atoms with Crippen molar-refractivity contribution in [3.05, 3.63) is 49.2 Å². The predicted octanol–water partition coefficient (Wildman–Crippen LogP) is 2.43. The molecule has 0 unspecified atom stereocenters. The molecular weight excluding hydrogens is 342 g/mol. The van der Waals surface area contributed by atoms with Crippen LogP contribution in [0.1, 0.15) is 6.92 Å². The van der Waals surface area contributed by atoms with Crippen LogP contribution in [0.15, 0.2) is 49.2 Å². The summed E-state index contributed by atoms with van der Waals surface area (Å²) in [6.07, 6.45) is 7.07. The maximum absolute atomic E-state index is 5.59. The van der Waals surface area contributed by atoms with Crippen LogP contribution in [0, 0.1) is 0 Å². The molecule has 8 heteroatoms. The highest BCUT2D eigenvalue weighted by atomic mass is 16.5. The van der Waals surface area contributed by atoms with Gasteiger partial charge in [0, 0.05) is 36.0 Å². The van der Waals surface area contributed by atoms with Crippen LogP contribution in [0.25, 0.3) is 28.1 Å². The molecule has 1 atom stereocenters. The smallest absolute Gasteiger partial charge is 0.148 e. The van der Waals surface area contributed by atoms with Gasteiger partial charge < -0.3 is 9.64 Å². The van der Waals surface area contributed by atoms with Gasteiger partial charge in [0.15, 0.2) is 0 Å². The fourth-order valence-electron chi connectivity index (χ4n) is 3.55. The van der Waals surface area contributed by atoms with Gasteiger partial charge in [-0.1, -0.05) is 0 Å². The zero-order valence-electron chi connectivity index (χ0n) is 14.9. The summed E-state index contributed by atoms with van der Waals surface area (Å²) < 4.78 is 7.61. The monoisotopic (exact) mass is 361 g/mol. The number of aromatic nitrogens is 6. The maximum Gasteiger partial charge on any atom is 0.148 e. The van der Waals surface area contributed by atoms with E-state index < -0.39 is 0 Å². The van der Waals surface area contributed by atoms with Crippen molar-refractivity contribution in [1.82, 2.24) is 29.7 Å². The quantitative estimate of drug-likeness (QED) is 0.603. The third kappa shape index (κ3) is 2.74. The number of anilines is 1. The Bertz CT molecular complexity index is 1060. The summed E-state index contributed by atoms with van der Waals surface area (Å²) in [5.41, 5.74) is 2.78. The van der Waals surface area contributed by atoms with E-state index in [1.165, 1.54) is 0 Å². The van der Waals surface area contributed by atoms with Crippen molar-refractivity contribution < 1.29 is 4.74 Å². The summed E-state index contributed by atoms with van der Waals surface area (Å²) >= 11 is 0. The first-order chi connectivity index (χ1) is 13.3. The van der Waals surface area contributed by atoms with E-state index in [1.54, 1.807) is 18.7 Å². The molecule has 1 saturated heterocycles. The predicted molar refractivity (Wildman–Crippen MR) is 102 cm³/mol. The van der Waals surface area contributed by atoms with Crippen molar-refractivity contribution in [2.24, 2.45) is 0 Å². The summed E-state index contributed by atoms with van der Waals surface area (Å²) in [4.78, 5) is 15.8. The van der Waals surface area contributed by atoms with E-state index in [9.17, 15) is 0 Å². The van der Waals surface area contributed by atoms with Crippen LogP contribution in [0.3, 0.4) is 0 Å². The van der Waals surface area contributed by atoms with Gasteiger partial charge in [0.05, 0.1) is 31.1 Å². The molecule has 136 valence electrons. The number of H-pyrrole nitrogens is 1. The van der Waals surface area contributed by atoms with Gasteiger partial charge >= 0.3 is 0 Å². The SMILES string of the molecule is C[C@@H]1COCCN1c1cc(-c2ccncn2)c2ccn(-c3ccn[nH]3)c2n1. The highest BCUT2D eigenvalue weighted by Gasteiger charge is 2.23. The van der Waals surface area contributed by atoms with Gasteiger partial charge in [-0.3, -0.25) is 9.67 Å². The second-order valence-electron chi connectivity index (χ2n) is 6.60. The molecule has 4 aromatic heterocycles. The highest BCUT2D eigenvalue weighted by Crippen LogP contribution is 2.32.